The maximum atomic E-state index is 11.1. The molecule has 54 valence electrons. The van der Waals surface area contributed by atoms with E-state index in [2.05, 4.69) is 6.08 Å². The van der Waals surface area contributed by atoms with Crippen molar-refractivity contribution < 1.29 is 0 Å². The first kappa shape index (κ1) is 5.98. The highest BCUT2D eigenvalue weighted by atomic mass is 16.5. The molecule has 1 aliphatic heterocycles. The van der Waals surface area contributed by atoms with Crippen molar-refractivity contribution in [2.45, 2.75) is 19.3 Å². The molecule has 1 heterocycles. The van der Waals surface area contributed by atoms with Crippen LogP contribution in [0.3, 0.4) is 0 Å². The molecule has 2 nitrogen and oxygen atoms in total. The molecule has 0 saturated carbocycles. The van der Waals surface area contributed by atoms with Gasteiger partial charge in [0, 0.05) is 12.2 Å². The minimum Gasteiger partial charge on any atom is -0.758 e. The van der Waals surface area contributed by atoms with Gasteiger partial charge in [0.05, 0.1) is 0 Å². The molecule has 0 unspecified atom stereocenters. The minimum atomic E-state index is 0.554. The molecule has 2 rings (SSSR count). The summed E-state index contributed by atoms with van der Waals surface area (Å²) >= 11 is 0. The lowest BCUT2D eigenvalue weighted by Crippen LogP contribution is -2.17. The normalized spacial score (nSPS) is 23.9. The molecule has 10 heavy (non-hydrogen) atoms. The van der Waals surface area contributed by atoms with Crippen molar-refractivity contribution in [3.8, 4) is 0 Å². The van der Waals surface area contributed by atoms with Crippen LogP contribution in [0.1, 0.15) is 19.3 Å². The van der Waals surface area contributed by atoms with E-state index in [1.54, 1.807) is 0 Å². The summed E-state index contributed by atoms with van der Waals surface area (Å²) in [5, 5.41) is 12.2. The third-order valence-corrected chi connectivity index (χ3v) is 2.12. The Morgan fingerprint density at radius 2 is 2.30 bits per heavy atom. The Labute approximate surface area is 60.4 Å². The largest absolute Gasteiger partial charge is 0.758 e. The lowest BCUT2D eigenvalue weighted by Gasteiger charge is -2.33. The minimum absolute atomic E-state index is 0.554. The third-order valence-electron chi connectivity index (χ3n) is 2.12. The summed E-state index contributed by atoms with van der Waals surface area (Å²) in [4.78, 5) is 0. The van der Waals surface area contributed by atoms with Crippen LogP contribution < -0.4 is 0 Å². The second kappa shape index (κ2) is 2.13. The van der Waals surface area contributed by atoms with E-state index >= 15 is 0 Å². The summed E-state index contributed by atoms with van der Waals surface area (Å²) in [7, 11) is 0. The van der Waals surface area contributed by atoms with Gasteiger partial charge in [-0.25, -0.2) is 0 Å². The Morgan fingerprint density at radius 1 is 1.40 bits per heavy atom. The summed E-state index contributed by atoms with van der Waals surface area (Å²) in [6.45, 7) is 0.554. The third kappa shape index (κ3) is 0.762. The van der Waals surface area contributed by atoms with Crippen LogP contribution in [-0.4, -0.2) is 11.6 Å². The molecule has 0 aromatic carbocycles. The molecule has 0 atom stereocenters. The van der Waals surface area contributed by atoms with Gasteiger partial charge >= 0.3 is 0 Å². The van der Waals surface area contributed by atoms with Crippen molar-refractivity contribution >= 4 is 0 Å². The Hall–Kier alpha value is -0.760. The number of hydrogen-bond acceptors (Lipinski definition) is 2. The van der Waals surface area contributed by atoms with Crippen LogP contribution in [0.2, 0.25) is 0 Å². The predicted octanol–water partition coefficient (Wildman–Crippen LogP) is 1.79. The maximum absolute atomic E-state index is 11.1. The zero-order valence-electron chi connectivity index (χ0n) is 5.84. The number of rotatable bonds is 0. The molecule has 0 saturated heterocycles. The van der Waals surface area contributed by atoms with Gasteiger partial charge in [-0.2, -0.15) is 0 Å². The highest BCUT2D eigenvalue weighted by molar-refractivity contribution is 5.32. The van der Waals surface area contributed by atoms with Gasteiger partial charge in [0.25, 0.3) is 0 Å². The first-order chi connectivity index (χ1) is 4.88. The molecular weight excluding hydrogens is 126 g/mol. The molecule has 0 radical (unpaired) electrons. The van der Waals surface area contributed by atoms with Gasteiger partial charge in [-0.1, -0.05) is 12.2 Å². The summed E-state index contributed by atoms with van der Waals surface area (Å²) < 4.78 is 0. The van der Waals surface area contributed by atoms with Gasteiger partial charge in [-0.15, -0.1) is 0 Å². The van der Waals surface area contributed by atoms with Gasteiger partial charge in [0.1, 0.15) is 0 Å². The summed E-state index contributed by atoms with van der Waals surface area (Å²) in [6, 6.07) is 0. The molecule has 2 heteroatoms. The van der Waals surface area contributed by atoms with Crippen molar-refractivity contribution in [2.75, 3.05) is 6.54 Å². The zero-order chi connectivity index (χ0) is 6.97. The quantitative estimate of drug-likeness (QED) is 0.507. The fourth-order valence-electron chi connectivity index (χ4n) is 1.62. The van der Waals surface area contributed by atoms with Gasteiger partial charge in [-0.3, -0.25) is 0 Å². The first-order valence-electron chi connectivity index (χ1n) is 3.71. The van der Waals surface area contributed by atoms with Crippen LogP contribution in [0.25, 0.3) is 0 Å². The average Bonchev–Trinajstić information content (AvgIpc) is 2.36. The average molecular weight is 136 g/mol. The standard InChI is InChI=1S/C8H10NO/c10-9-6-2-4-7-3-1-5-8(7)9/h2,4H,1,3,5-6H2/q-1. The first-order valence-corrected chi connectivity index (χ1v) is 3.71. The predicted molar refractivity (Wildman–Crippen MR) is 40.1 cm³/mol. The SMILES string of the molecule is [O-]N1CC=CC2=C1CCC2. The van der Waals surface area contributed by atoms with Crippen LogP contribution in [0, 0.1) is 5.21 Å². The van der Waals surface area contributed by atoms with E-state index in [0.717, 1.165) is 30.0 Å². The van der Waals surface area contributed by atoms with Crippen molar-refractivity contribution in [1.82, 2.24) is 5.06 Å². The van der Waals surface area contributed by atoms with Gasteiger partial charge < -0.3 is 10.3 Å². The van der Waals surface area contributed by atoms with Gasteiger partial charge in [-0.05, 0) is 24.8 Å². The van der Waals surface area contributed by atoms with Crippen molar-refractivity contribution in [3.63, 3.8) is 0 Å². The molecule has 2 aliphatic rings. The molecule has 0 fully saturated rings. The number of hydrogen-bond donors (Lipinski definition) is 0. The fourth-order valence-corrected chi connectivity index (χ4v) is 1.62. The second-order valence-electron chi connectivity index (χ2n) is 2.79. The Kier molecular flexibility index (Phi) is 1.27. The van der Waals surface area contributed by atoms with Gasteiger partial charge in [0.2, 0.25) is 0 Å². The van der Waals surface area contributed by atoms with Crippen LogP contribution in [0.15, 0.2) is 23.4 Å². The maximum Gasteiger partial charge on any atom is 0.0245 e. The highest BCUT2D eigenvalue weighted by Gasteiger charge is 2.14. The fraction of sp³-hybridized carbons (Fsp3) is 0.500. The molecule has 0 aromatic heterocycles. The Bertz CT molecular complexity index is 205. The second-order valence-corrected chi connectivity index (χ2v) is 2.79. The van der Waals surface area contributed by atoms with Gasteiger partial charge in [0.15, 0.2) is 0 Å². The van der Waals surface area contributed by atoms with Crippen LogP contribution in [0.5, 0.6) is 0 Å². The zero-order valence-corrected chi connectivity index (χ0v) is 5.84. The Morgan fingerprint density at radius 3 is 3.10 bits per heavy atom. The van der Waals surface area contributed by atoms with E-state index in [-0.39, 0.29) is 0 Å². The van der Waals surface area contributed by atoms with E-state index in [1.807, 2.05) is 6.08 Å². The topological polar surface area (TPSA) is 26.3 Å². The molecule has 0 bridgehead atoms. The highest BCUT2D eigenvalue weighted by Crippen LogP contribution is 2.31. The van der Waals surface area contributed by atoms with E-state index < -0.39 is 0 Å². The van der Waals surface area contributed by atoms with Crippen molar-refractivity contribution in [1.29, 1.82) is 0 Å². The monoisotopic (exact) mass is 136 g/mol. The molecule has 0 amide bonds. The molecule has 1 aliphatic carbocycles. The number of hydroxylamine groups is 2. The van der Waals surface area contributed by atoms with Crippen molar-refractivity contribution in [2.24, 2.45) is 0 Å². The molecule has 0 N–H and O–H groups in total. The van der Waals surface area contributed by atoms with E-state index in [4.69, 9.17) is 0 Å². The van der Waals surface area contributed by atoms with Crippen LogP contribution >= 0.6 is 0 Å². The molecular formula is C8H10NO-. The van der Waals surface area contributed by atoms with E-state index in [9.17, 15) is 5.21 Å². The van der Waals surface area contributed by atoms with E-state index in [0.29, 0.717) is 6.54 Å². The Balaban J connectivity index is 2.30. The van der Waals surface area contributed by atoms with Crippen LogP contribution in [-0.2, 0) is 0 Å². The molecule has 0 spiro atoms. The summed E-state index contributed by atoms with van der Waals surface area (Å²) in [6.07, 6.45) is 7.29. The van der Waals surface area contributed by atoms with Crippen LogP contribution in [0.4, 0.5) is 0 Å². The van der Waals surface area contributed by atoms with E-state index in [1.165, 1.54) is 5.57 Å². The summed E-state index contributed by atoms with van der Waals surface area (Å²) in [5.41, 5.74) is 2.30. The lowest BCUT2D eigenvalue weighted by molar-refractivity contribution is 0.495. The summed E-state index contributed by atoms with van der Waals surface area (Å²) in [5.74, 6) is 0. The molecule has 0 aromatic rings. The lowest BCUT2D eigenvalue weighted by atomic mass is 10.2. The smallest absolute Gasteiger partial charge is 0.0245 e. The number of nitrogens with zero attached hydrogens (tertiary/aromatic N) is 1. The van der Waals surface area contributed by atoms with Crippen molar-refractivity contribution in [3.05, 3.63) is 28.6 Å². The number of allylic oxidation sites excluding steroid dienone is 3.